The van der Waals surface area contributed by atoms with Gasteiger partial charge in [0.1, 0.15) is 0 Å². The van der Waals surface area contributed by atoms with Crippen LogP contribution in [0.4, 0.5) is 0 Å². The van der Waals surface area contributed by atoms with Gasteiger partial charge in [0.05, 0.1) is 5.60 Å². The van der Waals surface area contributed by atoms with Crippen molar-refractivity contribution >= 4 is 5.91 Å². The number of benzene rings is 2. The third kappa shape index (κ3) is 4.45. The first-order valence-corrected chi connectivity index (χ1v) is 8.59. The largest absolute Gasteiger partial charge is 0.390 e. The van der Waals surface area contributed by atoms with E-state index >= 15 is 0 Å². The van der Waals surface area contributed by atoms with E-state index in [2.05, 4.69) is 17.4 Å². The zero-order valence-electron chi connectivity index (χ0n) is 14.3. The Morgan fingerprint density at radius 3 is 2.42 bits per heavy atom. The van der Waals surface area contributed by atoms with Crippen molar-refractivity contribution in [2.75, 3.05) is 0 Å². The summed E-state index contributed by atoms with van der Waals surface area (Å²) in [7, 11) is 0. The molecule has 0 radical (unpaired) electrons. The molecule has 24 heavy (non-hydrogen) atoms. The molecule has 1 amide bonds. The highest BCUT2D eigenvalue weighted by atomic mass is 16.3. The summed E-state index contributed by atoms with van der Waals surface area (Å²) in [5.41, 5.74) is 2.47. The summed E-state index contributed by atoms with van der Waals surface area (Å²) in [6, 6.07) is 18.3. The van der Waals surface area contributed by atoms with Gasteiger partial charge in [0, 0.05) is 17.5 Å². The number of hydrogen-bond acceptors (Lipinski definition) is 2. The van der Waals surface area contributed by atoms with Crippen LogP contribution < -0.4 is 5.32 Å². The van der Waals surface area contributed by atoms with Gasteiger partial charge in [-0.05, 0) is 56.4 Å². The Hall–Kier alpha value is -2.13. The van der Waals surface area contributed by atoms with Crippen molar-refractivity contribution in [1.82, 2.24) is 5.32 Å². The first kappa shape index (κ1) is 16.7. The van der Waals surface area contributed by atoms with Gasteiger partial charge in [-0.2, -0.15) is 0 Å². The van der Waals surface area contributed by atoms with Crippen LogP contribution in [0.1, 0.15) is 54.1 Å². The maximum Gasteiger partial charge on any atom is 0.251 e. The van der Waals surface area contributed by atoms with Gasteiger partial charge in [0.25, 0.3) is 5.91 Å². The third-order valence-electron chi connectivity index (χ3n) is 4.58. The number of aryl methyl sites for hydroxylation is 1. The SMILES string of the molecule is CC(C)(O)CCc1ccc(C(=O)N[C@@H]2C[C@H]2c2ccccc2)cc1. The van der Waals surface area contributed by atoms with E-state index in [4.69, 9.17) is 0 Å². The molecule has 0 aromatic heterocycles. The number of amides is 1. The molecule has 3 heteroatoms. The van der Waals surface area contributed by atoms with Crippen molar-refractivity contribution in [3.8, 4) is 0 Å². The van der Waals surface area contributed by atoms with Gasteiger partial charge in [-0.15, -0.1) is 0 Å². The average Bonchev–Trinajstić information content (AvgIpc) is 3.33. The van der Waals surface area contributed by atoms with Crippen molar-refractivity contribution in [2.45, 2.75) is 50.7 Å². The minimum Gasteiger partial charge on any atom is -0.390 e. The summed E-state index contributed by atoms with van der Waals surface area (Å²) in [6.07, 6.45) is 2.53. The van der Waals surface area contributed by atoms with E-state index in [0.717, 1.165) is 18.4 Å². The number of carbonyl (C=O) groups is 1. The normalized spacial score (nSPS) is 19.8. The summed E-state index contributed by atoms with van der Waals surface area (Å²) in [5, 5.41) is 12.9. The number of aliphatic hydroxyl groups is 1. The lowest BCUT2D eigenvalue weighted by Gasteiger charge is -2.16. The van der Waals surface area contributed by atoms with Crippen LogP contribution in [0.3, 0.4) is 0 Å². The number of rotatable bonds is 6. The van der Waals surface area contributed by atoms with E-state index in [1.165, 1.54) is 5.56 Å². The third-order valence-corrected chi connectivity index (χ3v) is 4.58. The van der Waals surface area contributed by atoms with E-state index in [0.29, 0.717) is 17.9 Å². The molecule has 3 rings (SSSR count). The lowest BCUT2D eigenvalue weighted by molar-refractivity contribution is 0.0713. The Kier molecular flexibility index (Phi) is 4.72. The Balaban J connectivity index is 1.53. The van der Waals surface area contributed by atoms with Gasteiger partial charge in [-0.25, -0.2) is 0 Å². The molecule has 0 saturated heterocycles. The van der Waals surface area contributed by atoms with Crippen LogP contribution in [0.2, 0.25) is 0 Å². The van der Waals surface area contributed by atoms with Crippen molar-refractivity contribution in [3.63, 3.8) is 0 Å². The summed E-state index contributed by atoms with van der Waals surface area (Å²) in [5.74, 6) is 0.439. The fourth-order valence-corrected chi connectivity index (χ4v) is 2.95. The molecule has 0 heterocycles. The molecule has 2 N–H and O–H groups in total. The van der Waals surface area contributed by atoms with E-state index in [9.17, 15) is 9.90 Å². The number of hydrogen-bond donors (Lipinski definition) is 2. The lowest BCUT2D eigenvalue weighted by Crippen LogP contribution is -2.26. The van der Waals surface area contributed by atoms with Gasteiger partial charge in [0.2, 0.25) is 0 Å². The predicted octanol–water partition coefficient (Wildman–Crippen LogP) is 3.68. The van der Waals surface area contributed by atoms with E-state index in [1.807, 2.05) is 56.3 Å². The molecule has 0 unspecified atom stereocenters. The van der Waals surface area contributed by atoms with E-state index < -0.39 is 5.60 Å². The fourth-order valence-electron chi connectivity index (χ4n) is 2.95. The van der Waals surface area contributed by atoms with Gasteiger partial charge in [-0.3, -0.25) is 4.79 Å². The van der Waals surface area contributed by atoms with Crippen molar-refractivity contribution in [1.29, 1.82) is 0 Å². The highest BCUT2D eigenvalue weighted by Gasteiger charge is 2.39. The molecule has 1 aliphatic carbocycles. The van der Waals surface area contributed by atoms with Crippen molar-refractivity contribution in [2.24, 2.45) is 0 Å². The molecule has 0 aliphatic heterocycles. The van der Waals surface area contributed by atoms with Crippen LogP contribution in [0.5, 0.6) is 0 Å². The molecule has 1 aliphatic rings. The maximum absolute atomic E-state index is 12.3. The van der Waals surface area contributed by atoms with Crippen molar-refractivity contribution < 1.29 is 9.90 Å². The molecule has 1 saturated carbocycles. The van der Waals surface area contributed by atoms with E-state index in [-0.39, 0.29) is 11.9 Å². The van der Waals surface area contributed by atoms with Crippen molar-refractivity contribution in [3.05, 3.63) is 71.3 Å². The first-order chi connectivity index (χ1) is 11.4. The number of carbonyl (C=O) groups excluding carboxylic acids is 1. The second-order valence-corrected chi connectivity index (χ2v) is 7.34. The minimum absolute atomic E-state index is 0.00697. The van der Waals surface area contributed by atoms with Crippen LogP contribution in [-0.4, -0.2) is 22.7 Å². The topological polar surface area (TPSA) is 49.3 Å². The highest BCUT2D eigenvalue weighted by molar-refractivity contribution is 5.94. The fraction of sp³-hybridized carbons (Fsp3) is 0.381. The molecule has 3 nitrogen and oxygen atoms in total. The van der Waals surface area contributed by atoms with Gasteiger partial charge >= 0.3 is 0 Å². The molecule has 2 aromatic rings. The zero-order chi connectivity index (χ0) is 17.2. The predicted molar refractivity (Wildman–Crippen MR) is 96.1 cm³/mol. The summed E-state index contributed by atoms with van der Waals surface area (Å²) >= 11 is 0. The van der Waals surface area contributed by atoms with Gasteiger partial charge < -0.3 is 10.4 Å². The Morgan fingerprint density at radius 1 is 1.12 bits per heavy atom. The molecule has 1 fully saturated rings. The van der Waals surface area contributed by atoms with Crippen LogP contribution in [0, 0.1) is 0 Å². The molecule has 0 spiro atoms. The molecule has 126 valence electrons. The minimum atomic E-state index is -0.658. The standard InChI is InChI=1S/C21H25NO2/c1-21(2,24)13-12-15-8-10-17(11-9-15)20(23)22-19-14-18(19)16-6-4-3-5-7-16/h3-11,18-19,24H,12-14H2,1-2H3,(H,22,23)/t18-,19+/m0/s1. The summed E-state index contributed by atoms with van der Waals surface area (Å²) < 4.78 is 0. The molecular formula is C21H25NO2. The smallest absolute Gasteiger partial charge is 0.251 e. The monoisotopic (exact) mass is 323 g/mol. The Labute approximate surface area is 143 Å². The summed E-state index contributed by atoms with van der Waals surface area (Å²) in [6.45, 7) is 3.63. The van der Waals surface area contributed by atoms with Crippen LogP contribution >= 0.6 is 0 Å². The Morgan fingerprint density at radius 2 is 1.79 bits per heavy atom. The second-order valence-electron chi connectivity index (χ2n) is 7.34. The zero-order valence-corrected chi connectivity index (χ0v) is 14.3. The van der Waals surface area contributed by atoms with E-state index in [1.54, 1.807) is 0 Å². The highest BCUT2D eigenvalue weighted by Crippen LogP contribution is 2.40. The summed E-state index contributed by atoms with van der Waals surface area (Å²) in [4.78, 5) is 12.3. The first-order valence-electron chi connectivity index (χ1n) is 8.59. The Bertz CT molecular complexity index is 686. The van der Waals surface area contributed by atoms with Crippen LogP contribution in [0.25, 0.3) is 0 Å². The average molecular weight is 323 g/mol. The van der Waals surface area contributed by atoms with Gasteiger partial charge in [-0.1, -0.05) is 42.5 Å². The lowest BCUT2D eigenvalue weighted by atomic mass is 9.98. The van der Waals surface area contributed by atoms with Gasteiger partial charge in [0.15, 0.2) is 0 Å². The van der Waals surface area contributed by atoms with Crippen LogP contribution in [0.15, 0.2) is 54.6 Å². The van der Waals surface area contributed by atoms with Crippen LogP contribution in [-0.2, 0) is 6.42 Å². The molecule has 0 bridgehead atoms. The number of nitrogens with one attached hydrogen (secondary N) is 1. The molecule has 2 atom stereocenters. The second kappa shape index (κ2) is 6.78. The maximum atomic E-state index is 12.3. The molecular weight excluding hydrogens is 298 g/mol. The quantitative estimate of drug-likeness (QED) is 0.852. The molecule has 2 aromatic carbocycles.